The number of hydrogen-bond donors (Lipinski definition) is 1. The van der Waals surface area contributed by atoms with E-state index in [4.69, 9.17) is 0 Å². The molecule has 0 radical (unpaired) electrons. The molecule has 1 aliphatic rings. The van der Waals surface area contributed by atoms with Crippen LogP contribution in [0.2, 0.25) is 0 Å². The smallest absolute Gasteiger partial charge is 0.406 e. The van der Waals surface area contributed by atoms with Gasteiger partial charge in [0.25, 0.3) is 0 Å². The Morgan fingerprint density at radius 2 is 1.70 bits per heavy atom. The fourth-order valence-corrected chi connectivity index (χ4v) is 2.54. The average Bonchev–Trinajstić information content (AvgIpc) is 2.38. The Balaban J connectivity index is 1.79. The molecule has 0 heterocycles. The molecule has 2 nitrogen and oxygen atoms in total. The number of benzene rings is 1. The van der Waals surface area contributed by atoms with Crippen molar-refractivity contribution in [1.82, 2.24) is 5.32 Å². The lowest BCUT2D eigenvalue weighted by molar-refractivity contribution is -0.274. The van der Waals surface area contributed by atoms with Gasteiger partial charge in [-0.15, -0.1) is 13.2 Å². The van der Waals surface area contributed by atoms with E-state index in [9.17, 15) is 13.2 Å². The van der Waals surface area contributed by atoms with Crippen LogP contribution < -0.4 is 10.1 Å². The largest absolute Gasteiger partial charge is 0.573 e. The van der Waals surface area contributed by atoms with E-state index in [2.05, 4.69) is 17.0 Å². The number of rotatable bonds is 4. The Bertz CT molecular complexity index is 408. The van der Waals surface area contributed by atoms with Gasteiger partial charge in [-0.25, -0.2) is 0 Å². The van der Waals surface area contributed by atoms with E-state index < -0.39 is 6.36 Å². The van der Waals surface area contributed by atoms with Gasteiger partial charge in [0.2, 0.25) is 0 Å². The minimum atomic E-state index is -4.63. The van der Waals surface area contributed by atoms with E-state index in [1.54, 1.807) is 12.1 Å². The lowest BCUT2D eigenvalue weighted by Gasteiger charge is -2.27. The van der Waals surface area contributed by atoms with Gasteiger partial charge in [-0.3, -0.25) is 0 Å². The lowest BCUT2D eigenvalue weighted by Crippen LogP contribution is -2.32. The van der Waals surface area contributed by atoms with Gasteiger partial charge in [-0.1, -0.05) is 19.1 Å². The van der Waals surface area contributed by atoms with Crippen molar-refractivity contribution >= 4 is 0 Å². The Morgan fingerprint density at radius 1 is 1.10 bits per heavy atom. The van der Waals surface area contributed by atoms with Crippen molar-refractivity contribution < 1.29 is 17.9 Å². The summed E-state index contributed by atoms with van der Waals surface area (Å²) in [7, 11) is 0. The molecule has 1 aromatic rings. The zero-order chi connectivity index (χ0) is 14.6. The normalized spacial score (nSPS) is 23.6. The lowest BCUT2D eigenvalue weighted by atomic mass is 9.87. The topological polar surface area (TPSA) is 21.3 Å². The minimum Gasteiger partial charge on any atom is -0.406 e. The molecule has 0 saturated heterocycles. The molecule has 112 valence electrons. The van der Waals surface area contributed by atoms with Crippen LogP contribution in [0.4, 0.5) is 13.2 Å². The SMILES string of the molecule is CC1CCC(NCc2ccc(OC(F)(F)F)cc2)CC1. The second-order valence-electron chi connectivity index (χ2n) is 5.53. The molecule has 0 atom stereocenters. The van der Waals surface area contributed by atoms with Crippen molar-refractivity contribution in [3.63, 3.8) is 0 Å². The molecular weight excluding hydrogens is 267 g/mol. The van der Waals surface area contributed by atoms with Gasteiger partial charge >= 0.3 is 6.36 Å². The third kappa shape index (κ3) is 5.04. The molecule has 0 aliphatic heterocycles. The van der Waals surface area contributed by atoms with Crippen LogP contribution in [-0.2, 0) is 6.54 Å². The summed E-state index contributed by atoms with van der Waals surface area (Å²) in [6.07, 6.45) is 0.220. The van der Waals surface area contributed by atoms with Crippen LogP contribution >= 0.6 is 0 Å². The number of alkyl halides is 3. The zero-order valence-corrected chi connectivity index (χ0v) is 11.5. The van der Waals surface area contributed by atoms with Crippen molar-refractivity contribution in [2.75, 3.05) is 0 Å². The summed E-state index contributed by atoms with van der Waals surface area (Å²) >= 11 is 0. The van der Waals surface area contributed by atoms with E-state index in [0.29, 0.717) is 12.6 Å². The van der Waals surface area contributed by atoms with Gasteiger partial charge in [-0.05, 0) is 49.3 Å². The second-order valence-corrected chi connectivity index (χ2v) is 5.53. The third-order valence-electron chi connectivity index (χ3n) is 3.77. The fraction of sp³-hybridized carbons (Fsp3) is 0.600. The summed E-state index contributed by atoms with van der Waals surface area (Å²) in [4.78, 5) is 0. The van der Waals surface area contributed by atoms with Crippen molar-refractivity contribution in [1.29, 1.82) is 0 Å². The maximum atomic E-state index is 12.0. The van der Waals surface area contributed by atoms with Crippen LogP contribution in [0, 0.1) is 5.92 Å². The number of nitrogens with one attached hydrogen (secondary N) is 1. The van der Waals surface area contributed by atoms with Crippen LogP contribution in [0.5, 0.6) is 5.75 Å². The third-order valence-corrected chi connectivity index (χ3v) is 3.77. The molecule has 0 aromatic heterocycles. The molecule has 0 unspecified atom stereocenters. The highest BCUT2D eigenvalue weighted by molar-refractivity contribution is 5.27. The van der Waals surface area contributed by atoms with E-state index >= 15 is 0 Å². The molecule has 20 heavy (non-hydrogen) atoms. The maximum absolute atomic E-state index is 12.0. The van der Waals surface area contributed by atoms with Gasteiger partial charge in [0.15, 0.2) is 0 Å². The highest BCUT2D eigenvalue weighted by Crippen LogP contribution is 2.24. The first-order valence-corrected chi connectivity index (χ1v) is 7.00. The van der Waals surface area contributed by atoms with E-state index in [1.807, 2.05) is 0 Å². The summed E-state index contributed by atoms with van der Waals surface area (Å²) < 4.78 is 39.9. The van der Waals surface area contributed by atoms with Gasteiger partial charge in [-0.2, -0.15) is 0 Å². The molecule has 1 saturated carbocycles. The first kappa shape index (κ1) is 15.2. The molecule has 1 fully saturated rings. The monoisotopic (exact) mass is 287 g/mol. The minimum absolute atomic E-state index is 0.173. The maximum Gasteiger partial charge on any atom is 0.573 e. The Morgan fingerprint density at radius 3 is 2.25 bits per heavy atom. The van der Waals surface area contributed by atoms with Gasteiger partial charge < -0.3 is 10.1 Å². The van der Waals surface area contributed by atoms with Gasteiger partial charge in [0, 0.05) is 12.6 Å². The molecule has 1 aromatic carbocycles. The number of hydrogen-bond acceptors (Lipinski definition) is 2. The van der Waals surface area contributed by atoms with Crippen molar-refractivity contribution in [3.05, 3.63) is 29.8 Å². The Labute approximate surface area is 117 Å². The van der Waals surface area contributed by atoms with Crippen LogP contribution in [0.15, 0.2) is 24.3 Å². The molecule has 1 N–H and O–H groups in total. The van der Waals surface area contributed by atoms with Crippen molar-refractivity contribution in [2.24, 2.45) is 5.92 Å². The summed E-state index contributed by atoms with van der Waals surface area (Å²) in [5.41, 5.74) is 0.971. The van der Waals surface area contributed by atoms with Crippen LogP contribution in [0.1, 0.15) is 38.2 Å². The predicted octanol–water partition coefficient (Wildman–Crippen LogP) is 4.25. The van der Waals surface area contributed by atoms with Crippen molar-refractivity contribution in [2.45, 2.75) is 51.6 Å². The van der Waals surface area contributed by atoms with Crippen LogP contribution in [-0.4, -0.2) is 12.4 Å². The highest BCUT2D eigenvalue weighted by Gasteiger charge is 2.30. The molecule has 1 aliphatic carbocycles. The second kappa shape index (κ2) is 6.48. The van der Waals surface area contributed by atoms with Gasteiger partial charge in [0.05, 0.1) is 0 Å². The zero-order valence-electron chi connectivity index (χ0n) is 11.5. The fourth-order valence-electron chi connectivity index (χ4n) is 2.54. The Hall–Kier alpha value is -1.23. The summed E-state index contributed by atoms with van der Waals surface area (Å²) in [5.74, 6) is 0.639. The van der Waals surface area contributed by atoms with Gasteiger partial charge in [0.1, 0.15) is 5.75 Å². The molecule has 2 rings (SSSR count). The first-order chi connectivity index (χ1) is 9.42. The summed E-state index contributed by atoms with van der Waals surface area (Å²) in [6.45, 7) is 2.96. The Kier molecular flexibility index (Phi) is 4.91. The molecule has 5 heteroatoms. The summed E-state index contributed by atoms with van der Waals surface area (Å²) in [6, 6.07) is 6.57. The molecule has 0 bridgehead atoms. The van der Waals surface area contributed by atoms with Crippen LogP contribution in [0.3, 0.4) is 0 Å². The number of halogens is 3. The molecule has 0 spiro atoms. The highest BCUT2D eigenvalue weighted by atomic mass is 19.4. The van der Waals surface area contributed by atoms with Crippen LogP contribution in [0.25, 0.3) is 0 Å². The van der Waals surface area contributed by atoms with Crippen molar-refractivity contribution in [3.8, 4) is 5.75 Å². The standard InChI is InChI=1S/C15H20F3NO/c1-11-2-6-13(7-3-11)19-10-12-4-8-14(9-5-12)20-15(16,17)18/h4-5,8-9,11,13,19H,2-3,6-7,10H2,1H3. The summed E-state index contributed by atoms with van der Waals surface area (Å²) in [5, 5.41) is 3.46. The molecule has 0 amide bonds. The predicted molar refractivity (Wildman–Crippen MR) is 71.4 cm³/mol. The molecular formula is C15H20F3NO. The van der Waals surface area contributed by atoms with E-state index in [1.165, 1.54) is 37.8 Å². The quantitative estimate of drug-likeness (QED) is 0.893. The average molecular weight is 287 g/mol. The van der Waals surface area contributed by atoms with E-state index in [-0.39, 0.29) is 5.75 Å². The number of ether oxygens (including phenoxy) is 1. The first-order valence-electron chi connectivity index (χ1n) is 7.00. The van der Waals surface area contributed by atoms with E-state index in [0.717, 1.165) is 11.5 Å².